The van der Waals surface area contributed by atoms with Crippen LogP contribution in [0.15, 0.2) is 32.4 Å². The molecular formula is C5H5NO2S. The molecule has 1 rings (SSSR count). The van der Waals surface area contributed by atoms with E-state index in [0.29, 0.717) is 0 Å². The zero-order valence-electron chi connectivity index (χ0n) is 4.53. The van der Waals surface area contributed by atoms with Gasteiger partial charge < -0.3 is 4.42 Å². The first-order valence-electron chi connectivity index (χ1n) is 2.32. The summed E-state index contributed by atoms with van der Waals surface area (Å²) < 4.78 is 4.48. The van der Waals surface area contributed by atoms with E-state index in [2.05, 4.69) is 9.40 Å². The third-order valence-corrected chi connectivity index (χ3v) is 1.22. The lowest BCUT2D eigenvalue weighted by Gasteiger charge is -1.73. The van der Waals surface area contributed by atoms with Crippen molar-refractivity contribution in [1.29, 1.82) is 0 Å². The highest BCUT2D eigenvalue weighted by Gasteiger charge is 1.69. The fraction of sp³-hybridized carbons (Fsp3) is 0. The van der Waals surface area contributed by atoms with Gasteiger partial charge in [-0.2, -0.15) is 0 Å². The molecule has 0 unspecified atom stereocenters. The van der Waals surface area contributed by atoms with Crippen molar-refractivity contribution in [3.8, 4) is 0 Å². The highest BCUT2D eigenvalue weighted by molar-refractivity contribution is 7.07. The number of nitrogens with one attached hydrogen (secondary N) is 1. The van der Waals surface area contributed by atoms with Crippen LogP contribution in [0.4, 0.5) is 0 Å². The first-order valence-corrected chi connectivity index (χ1v) is 3.26. The zero-order chi connectivity index (χ0) is 6.53. The van der Waals surface area contributed by atoms with Gasteiger partial charge >= 0.3 is 5.76 Å². The largest absolute Gasteiger partial charge is 0.417 e. The lowest BCUT2D eigenvalue weighted by molar-refractivity contribution is 0.492. The molecular weight excluding hydrogens is 138 g/mol. The van der Waals surface area contributed by atoms with Crippen LogP contribution < -0.4 is 5.76 Å². The molecule has 1 N–H and O–H groups in total. The van der Waals surface area contributed by atoms with Crippen molar-refractivity contribution >= 4 is 11.3 Å². The van der Waals surface area contributed by atoms with Gasteiger partial charge in [0.25, 0.3) is 0 Å². The predicted octanol–water partition coefficient (Wildman–Crippen LogP) is 1.15. The molecule has 0 bridgehead atoms. The Labute approximate surface area is 55.3 Å². The lowest BCUT2D eigenvalue weighted by Crippen LogP contribution is -1.97. The van der Waals surface area contributed by atoms with E-state index in [9.17, 15) is 4.79 Å². The Morgan fingerprint density at radius 1 is 1.56 bits per heavy atom. The molecule has 48 valence electrons. The monoisotopic (exact) mass is 143 g/mol. The van der Waals surface area contributed by atoms with Crippen LogP contribution in [0.3, 0.4) is 0 Å². The highest BCUT2D eigenvalue weighted by atomic mass is 32.1. The van der Waals surface area contributed by atoms with Crippen LogP contribution in [0.2, 0.25) is 0 Å². The molecule has 0 fully saturated rings. The third-order valence-electron chi connectivity index (χ3n) is 0.657. The maximum absolute atomic E-state index is 10.4. The number of aromatic nitrogens is 1. The Bertz CT molecular complexity index is 235. The van der Waals surface area contributed by atoms with E-state index in [1.807, 2.05) is 0 Å². The molecule has 1 aromatic rings. The second kappa shape index (κ2) is 3.09. The molecule has 0 saturated heterocycles. The average molecular weight is 143 g/mol. The number of H-pyrrole nitrogens is 1. The summed E-state index contributed by atoms with van der Waals surface area (Å²) in [6.07, 6.45) is 2.86. The van der Waals surface area contributed by atoms with Gasteiger partial charge in [-0.1, -0.05) is 0 Å². The summed E-state index contributed by atoms with van der Waals surface area (Å²) in [5.41, 5.74) is 0. The minimum absolute atomic E-state index is 0.456. The van der Waals surface area contributed by atoms with Gasteiger partial charge in [0, 0.05) is 17.0 Å². The van der Waals surface area contributed by atoms with E-state index in [-0.39, 0.29) is 0 Å². The van der Waals surface area contributed by atoms with Crippen molar-refractivity contribution in [1.82, 2.24) is 4.98 Å². The van der Waals surface area contributed by atoms with E-state index < -0.39 is 5.76 Å². The second-order valence-electron chi connectivity index (χ2n) is 1.26. The van der Waals surface area contributed by atoms with Gasteiger partial charge in [-0.3, -0.25) is 4.98 Å². The summed E-state index contributed by atoms with van der Waals surface area (Å²) in [6, 6.07) is 0. The average Bonchev–Trinajstić information content (AvgIpc) is 1.79. The molecule has 4 heteroatoms. The van der Waals surface area contributed by atoms with Crippen LogP contribution in [0.1, 0.15) is 0 Å². The summed E-state index contributed by atoms with van der Waals surface area (Å²) >= 11 is 1.43. The van der Waals surface area contributed by atoms with E-state index >= 15 is 0 Å². The molecule has 3 nitrogen and oxygen atoms in total. The van der Waals surface area contributed by atoms with Crippen molar-refractivity contribution in [2.75, 3.05) is 0 Å². The Balaban J connectivity index is 3.24. The first kappa shape index (κ1) is 6.10. The van der Waals surface area contributed by atoms with Crippen LogP contribution in [0, 0.1) is 0 Å². The Hall–Kier alpha value is -1.03. The SMILES string of the molecule is O=c1[nH]ccscco1. The van der Waals surface area contributed by atoms with Crippen LogP contribution in [0.5, 0.6) is 0 Å². The van der Waals surface area contributed by atoms with Crippen molar-refractivity contribution in [2.45, 2.75) is 0 Å². The second-order valence-corrected chi connectivity index (χ2v) is 2.08. The predicted molar refractivity (Wildman–Crippen MR) is 34.8 cm³/mol. The standard InChI is InChI=1S/C5H5NO2S/c7-5-6-1-3-9-4-2-8-5/h1-4H,(H,6,7). The number of hydrogen-bond acceptors (Lipinski definition) is 3. The molecule has 9 heavy (non-hydrogen) atoms. The normalized spacial score (nSPS) is 8.44. The highest BCUT2D eigenvalue weighted by Crippen LogP contribution is 1.84. The van der Waals surface area contributed by atoms with Crippen molar-refractivity contribution in [3.05, 3.63) is 33.8 Å². The van der Waals surface area contributed by atoms with Gasteiger partial charge in [-0.25, -0.2) is 4.79 Å². The number of rotatable bonds is 0. The van der Waals surface area contributed by atoms with E-state index in [1.54, 1.807) is 10.8 Å². The topological polar surface area (TPSA) is 46.0 Å². The van der Waals surface area contributed by atoms with Gasteiger partial charge in [0.05, 0.1) is 0 Å². The zero-order valence-corrected chi connectivity index (χ0v) is 5.35. The van der Waals surface area contributed by atoms with Gasteiger partial charge in [0.1, 0.15) is 6.26 Å². The molecule has 0 saturated carbocycles. The van der Waals surface area contributed by atoms with E-state index in [0.717, 1.165) is 0 Å². The quantitative estimate of drug-likeness (QED) is 0.592. The molecule has 0 aliphatic rings. The summed E-state index contributed by atoms with van der Waals surface area (Å²) in [6.45, 7) is 0. The van der Waals surface area contributed by atoms with Crippen molar-refractivity contribution < 1.29 is 4.42 Å². The molecule has 0 atom stereocenters. The summed E-state index contributed by atoms with van der Waals surface area (Å²) in [5, 5.41) is 3.42. The fourth-order valence-electron chi connectivity index (χ4n) is 0.342. The number of aromatic amines is 1. The lowest BCUT2D eigenvalue weighted by atomic mass is 11.0. The summed E-state index contributed by atoms with van der Waals surface area (Å²) in [5.74, 6) is -0.456. The Kier molecular flexibility index (Phi) is 2.09. The van der Waals surface area contributed by atoms with Gasteiger partial charge in [0.15, 0.2) is 0 Å². The smallest absolute Gasteiger partial charge is 0.416 e. The Morgan fingerprint density at radius 3 is 3.33 bits per heavy atom. The summed E-state index contributed by atoms with van der Waals surface area (Å²) in [7, 11) is 0. The minimum Gasteiger partial charge on any atom is -0.417 e. The van der Waals surface area contributed by atoms with Crippen LogP contribution >= 0.6 is 11.3 Å². The fourth-order valence-corrected chi connectivity index (χ4v) is 0.699. The van der Waals surface area contributed by atoms with E-state index in [4.69, 9.17) is 0 Å². The number of hydrogen-bond donors (Lipinski definition) is 1. The molecule has 0 spiro atoms. The van der Waals surface area contributed by atoms with Crippen LogP contribution in [-0.4, -0.2) is 4.98 Å². The molecule has 0 radical (unpaired) electrons. The van der Waals surface area contributed by atoms with E-state index in [1.165, 1.54) is 23.8 Å². The third kappa shape index (κ3) is 2.14. The van der Waals surface area contributed by atoms with Gasteiger partial charge in [-0.05, 0) is 0 Å². The van der Waals surface area contributed by atoms with Crippen molar-refractivity contribution in [2.24, 2.45) is 0 Å². The van der Waals surface area contributed by atoms with Gasteiger partial charge in [0.2, 0.25) is 0 Å². The molecule has 0 aliphatic heterocycles. The maximum atomic E-state index is 10.4. The van der Waals surface area contributed by atoms with Crippen molar-refractivity contribution in [3.63, 3.8) is 0 Å². The molecule has 0 amide bonds. The molecule has 0 aliphatic carbocycles. The first-order chi connectivity index (χ1) is 4.39. The molecule has 1 heterocycles. The minimum atomic E-state index is -0.456. The summed E-state index contributed by atoms with van der Waals surface area (Å²) in [4.78, 5) is 12.8. The molecule has 0 aromatic carbocycles. The Morgan fingerprint density at radius 2 is 2.44 bits per heavy atom. The molecule has 1 aromatic heterocycles. The van der Waals surface area contributed by atoms with Gasteiger partial charge in [-0.15, -0.1) is 11.3 Å². The van der Waals surface area contributed by atoms with Crippen LogP contribution in [0.25, 0.3) is 0 Å². The van der Waals surface area contributed by atoms with Crippen LogP contribution in [-0.2, 0) is 0 Å². The maximum Gasteiger partial charge on any atom is 0.416 e.